The molecule has 9 heteroatoms. The fourth-order valence-electron chi connectivity index (χ4n) is 6.43. The van der Waals surface area contributed by atoms with Gasteiger partial charge in [-0.3, -0.25) is 19.5 Å². The number of esters is 1. The maximum atomic E-state index is 13.3. The molecule has 0 N–H and O–H groups in total. The smallest absolute Gasteiger partial charge is 0.318 e. The number of hydrogen-bond donors (Lipinski definition) is 0. The van der Waals surface area contributed by atoms with Crippen LogP contribution in [-0.4, -0.2) is 75.4 Å². The molecular formula is C32H39N5O4. The number of pyridine rings is 2. The van der Waals surface area contributed by atoms with E-state index in [0.29, 0.717) is 42.8 Å². The average Bonchev–Trinajstić information content (AvgIpc) is 3.79. The van der Waals surface area contributed by atoms with Gasteiger partial charge in [0.2, 0.25) is 0 Å². The van der Waals surface area contributed by atoms with E-state index in [2.05, 4.69) is 21.0 Å². The minimum atomic E-state index is -0.749. The SMILES string of the molecule is CCOC(=O)C1(c2ccc(CC(=O)c3cnn(-c4ccc(C5CC5)cn4)c3C)cn2)CCC(N2CCOCC2)CC1. The quantitative estimate of drug-likeness (QED) is 0.283. The third-order valence-electron chi connectivity index (χ3n) is 9.06. The molecule has 1 saturated heterocycles. The number of carbonyl (C=O) groups excluding carboxylic acids is 2. The van der Waals surface area contributed by atoms with Gasteiger partial charge in [-0.2, -0.15) is 5.10 Å². The van der Waals surface area contributed by atoms with Crippen LogP contribution in [-0.2, 0) is 26.1 Å². The van der Waals surface area contributed by atoms with Crippen molar-refractivity contribution in [2.24, 2.45) is 0 Å². The van der Waals surface area contributed by atoms with E-state index in [1.807, 2.05) is 38.2 Å². The first-order valence-electron chi connectivity index (χ1n) is 15.0. The van der Waals surface area contributed by atoms with E-state index in [0.717, 1.165) is 56.1 Å². The number of aromatic nitrogens is 4. The van der Waals surface area contributed by atoms with Crippen LogP contribution < -0.4 is 0 Å². The standard InChI is InChI=1S/C32H39N5O4/c1-3-41-31(39)32(12-10-26(11-13-32)36-14-16-40-17-15-36)29-8-4-23(19-33-29)18-28(38)27-21-35-37(22(27)2)30-9-7-25(20-34-30)24-5-6-24/h4,7-9,19-21,24,26H,3,5-6,10-18H2,1-2H3. The van der Waals surface area contributed by atoms with E-state index in [1.165, 1.54) is 18.4 Å². The molecule has 0 radical (unpaired) electrons. The van der Waals surface area contributed by atoms with Crippen LogP contribution in [0.4, 0.5) is 0 Å². The second kappa shape index (κ2) is 11.8. The van der Waals surface area contributed by atoms with E-state index in [-0.39, 0.29) is 18.2 Å². The summed E-state index contributed by atoms with van der Waals surface area (Å²) < 4.78 is 12.8. The largest absolute Gasteiger partial charge is 0.465 e. The second-order valence-electron chi connectivity index (χ2n) is 11.6. The van der Waals surface area contributed by atoms with E-state index >= 15 is 0 Å². The van der Waals surface area contributed by atoms with Gasteiger partial charge in [-0.1, -0.05) is 12.1 Å². The highest BCUT2D eigenvalue weighted by Crippen LogP contribution is 2.42. The molecule has 0 bridgehead atoms. The molecule has 6 rings (SSSR count). The van der Waals surface area contributed by atoms with Crippen molar-refractivity contribution in [2.45, 2.75) is 76.2 Å². The number of morpholine rings is 1. The van der Waals surface area contributed by atoms with Crippen LogP contribution in [0, 0.1) is 6.92 Å². The number of nitrogens with zero attached hydrogens (tertiary/aromatic N) is 5. The molecule has 0 unspecified atom stereocenters. The first kappa shape index (κ1) is 27.7. The molecule has 2 saturated carbocycles. The van der Waals surface area contributed by atoms with Crippen LogP contribution in [0.15, 0.2) is 42.9 Å². The zero-order valence-electron chi connectivity index (χ0n) is 24.1. The lowest BCUT2D eigenvalue weighted by atomic mass is 9.69. The average molecular weight is 558 g/mol. The summed E-state index contributed by atoms with van der Waals surface area (Å²) in [4.78, 5) is 38.4. The lowest BCUT2D eigenvalue weighted by Crippen LogP contribution is -2.49. The fraction of sp³-hybridized carbons (Fsp3) is 0.531. The number of carbonyl (C=O) groups is 2. The summed E-state index contributed by atoms with van der Waals surface area (Å²) in [5, 5.41) is 4.46. The summed E-state index contributed by atoms with van der Waals surface area (Å²) >= 11 is 0. The molecule has 0 aromatic carbocycles. The summed E-state index contributed by atoms with van der Waals surface area (Å²) in [5.41, 5.74) is 3.40. The third-order valence-corrected chi connectivity index (χ3v) is 9.06. The Labute approximate surface area is 241 Å². The number of rotatable bonds is 9. The third kappa shape index (κ3) is 5.70. The van der Waals surface area contributed by atoms with Crippen LogP contribution in [0.3, 0.4) is 0 Å². The molecule has 0 spiro atoms. The predicted octanol–water partition coefficient (Wildman–Crippen LogP) is 4.35. The summed E-state index contributed by atoms with van der Waals surface area (Å²) in [6.07, 6.45) is 11.2. The van der Waals surface area contributed by atoms with Gasteiger partial charge in [0.05, 0.1) is 43.0 Å². The molecular weight excluding hydrogens is 518 g/mol. The minimum Gasteiger partial charge on any atom is -0.465 e. The first-order chi connectivity index (χ1) is 20.0. The molecule has 4 heterocycles. The van der Waals surface area contributed by atoms with Gasteiger partial charge in [0.25, 0.3) is 0 Å². The van der Waals surface area contributed by atoms with Crippen molar-refractivity contribution in [1.29, 1.82) is 0 Å². The Hall–Kier alpha value is -3.43. The predicted molar refractivity (Wildman–Crippen MR) is 153 cm³/mol. The molecule has 2 aliphatic carbocycles. The summed E-state index contributed by atoms with van der Waals surface area (Å²) in [6, 6.07) is 8.37. The van der Waals surface area contributed by atoms with Gasteiger partial charge in [-0.25, -0.2) is 9.67 Å². The molecule has 3 aromatic heterocycles. The molecule has 3 aromatic rings. The van der Waals surface area contributed by atoms with Crippen molar-refractivity contribution in [2.75, 3.05) is 32.9 Å². The molecule has 3 aliphatic rings. The molecule has 216 valence electrons. The van der Waals surface area contributed by atoms with Crippen LogP contribution in [0.2, 0.25) is 0 Å². The number of hydrogen-bond acceptors (Lipinski definition) is 8. The van der Waals surface area contributed by atoms with Crippen molar-refractivity contribution < 1.29 is 19.1 Å². The van der Waals surface area contributed by atoms with Gasteiger partial charge in [-0.05, 0) is 81.5 Å². The topological polar surface area (TPSA) is 99.4 Å². The van der Waals surface area contributed by atoms with Gasteiger partial charge >= 0.3 is 5.97 Å². The van der Waals surface area contributed by atoms with Crippen LogP contribution in [0.5, 0.6) is 0 Å². The lowest BCUT2D eigenvalue weighted by Gasteiger charge is -2.42. The van der Waals surface area contributed by atoms with E-state index in [1.54, 1.807) is 17.1 Å². The molecule has 3 fully saturated rings. The van der Waals surface area contributed by atoms with Crippen LogP contribution in [0.1, 0.15) is 84.2 Å². The van der Waals surface area contributed by atoms with Gasteiger partial charge in [0.15, 0.2) is 11.6 Å². The Morgan fingerprint density at radius 3 is 2.41 bits per heavy atom. The van der Waals surface area contributed by atoms with Crippen LogP contribution in [0.25, 0.3) is 5.82 Å². The Balaban J connectivity index is 1.14. The van der Waals surface area contributed by atoms with Crippen molar-refractivity contribution in [3.05, 3.63) is 70.9 Å². The number of Topliss-reactive ketones (excluding diaryl/α,β-unsaturated/α-hetero) is 1. The molecule has 0 amide bonds. The summed E-state index contributed by atoms with van der Waals surface area (Å²) in [7, 11) is 0. The lowest BCUT2D eigenvalue weighted by molar-refractivity contribution is -0.152. The monoisotopic (exact) mass is 557 g/mol. The normalized spacial score (nSPS) is 23.3. The molecule has 0 atom stereocenters. The Kier molecular flexibility index (Phi) is 7.99. The van der Waals surface area contributed by atoms with Crippen molar-refractivity contribution >= 4 is 11.8 Å². The highest BCUT2D eigenvalue weighted by atomic mass is 16.5. The van der Waals surface area contributed by atoms with Gasteiger partial charge in [0.1, 0.15) is 5.41 Å². The first-order valence-corrected chi connectivity index (χ1v) is 15.0. The van der Waals surface area contributed by atoms with E-state index in [9.17, 15) is 9.59 Å². The number of ether oxygens (including phenoxy) is 2. The minimum absolute atomic E-state index is 0.0241. The second-order valence-corrected chi connectivity index (χ2v) is 11.6. The van der Waals surface area contributed by atoms with Gasteiger partial charge in [0, 0.05) is 37.9 Å². The van der Waals surface area contributed by atoms with Gasteiger partial charge < -0.3 is 9.47 Å². The van der Waals surface area contributed by atoms with Crippen molar-refractivity contribution in [3.8, 4) is 5.82 Å². The fourth-order valence-corrected chi connectivity index (χ4v) is 6.43. The molecule has 9 nitrogen and oxygen atoms in total. The molecule has 1 aliphatic heterocycles. The number of ketones is 1. The Bertz CT molecular complexity index is 1370. The Morgan fingerprint density at radius 2 is 1.78 bits per heavy atom. The van der Waals surface area contributed by atoms with Gasteiger partial charge in [-0.15, -0.1) is 0 Å². The van der Waals surface area contributed by atoms with Crippen LogP contribution >= 0.6 is 0 Å². The zero-order valence-corrected chi connectivity index (χ0v) is 24.1. The highest BCUT2D eigenvalue weighted by Gasteiger charge is 2.46. The molecule has 41 heavy (non-hydrogen) atoms. The van der Waals surface area contributed by atoms with E-state index < -0.39 is 5.41 Å². The maximum Gasteiger partial charge on any atom is 0.318 e. The van der Waals surface area contributed by atoms with Crippen molar-refractivity contribution in [3.63, 3.8) is 0 Å². The highest BCUT2D eigenvalue weighted by molar-refractivity contribution is 5.98. The Morgan fingerprint density at radius 1 is 1.00 bits per heavy atom. The maximum absolute atomic E-state index is 13.3. The van der Waals surface area contributed by atoms with Crippen molar-refractivity contribution in [1.82, 2.24) is 24.6 Å². The van der Waals surface area contributed by atoms with E-state index in [4.69, 9.17) is 14.5 Å². The zero-order chi connectivity index (χ0) is 28.4. The summed E-state index contributed by atoms with van der Waals surface area (Å²) in [5.74, 6) is 1.14. The summed E-state index contributed by atoms with van der Waals surface area (Å²) in [6.45, 7) is 7.51.